The number of ether oxygens (including phenoxy) is 1. The Hall–Kier alpha value is -3.47. The number of nitrogens with two attached hydrogens (primary N) is 1. The third-order valence-electron chi connectivity index (χ3n) is 8.94. The molecule has 0 bridgehead atoms. The van der Waals surface area contributed by atoms with Crippen molar-refractivity contribution in [2.75, 3.05) is 0 Å². The Bertz CT molecular complexity index is 1290. The fourth-order valence-electron chi connectivity index (χ4n) is 7.08. The van der Waals surface area contributed by atoms with Crippen molar-refractivity contribution in [2.24, 2.45) is 35.3 Å². The summed E-state index contributed by atoms with van der Waals surface area (Å²) in [4.78, 5) is 78.9. The molecule has 11 heteroatoms. The van der Waals surface area contributed by atoms with Crippen LogP contribution in [0.4, 0.5) is 4.39 Å². The molecule has 4 aliphatic carbocycles. The second kappa shape index (κ2) is 9.07. The van der Waals surface area contributed by atoms with Crippen molar-refractivity contribution in [2.45, 2.75) is 63.1 Å². The van der Waals surface area contributed by atoms with E-state index in [0.717, 1.165) is 31.4 Å². The number of esters is 1. The number of primary amides is 1. The van der Waals surface area contributed by atoms with E-state index >= 15 is 4.39 Å². The minimum absolute atomic E-state index is 0.184. The van der Waals surface area contributed by atoms with Gasteiger partial charge in [0, 0.05) is 23.8 Å². The molecule has 0 aliphatic heterocycles. The molecule has 38 heavy (non-hydrogen) atoms. The largest absolute Gasteiger partial charge is 0.507 e. The number of Topliss-reactive ketones (excluding diaryl/α,β-unsaturated/α-hetero) is 4. The molecule has 0 aromatic heterocycles. The number of benzene rings is 1. The molecule has 3 fully saturated rings. The average molecular weight is 530 g/mol. The summed E-state index contributed by atoms with van der Waals surface area (Å²) in [5.74, 6) is -16.4. The highest BCUT2D eigenvalue weighted by Crippen LogP contribution is 2.55. The maximum Gasteiger partial charge on any atom is 0.309 e. The zero-order valence-corrected chi connectivity index (χ0v) is 20.6. The molecule has 0 radical (unpaired) electrons. The van der Waals surface area contributed by atoms with Crippen molar-refractivity contribution in [1.29, 1.82) is 0 Å². The number of carbonyl (C=O) groups is 6. The number of rotatable bonds is 3. The van der Waals surface area contributed by atoms with Gasteiger partial charge in [-0.05, 0) is 30.9 Å². The Kier molecular flexibility index (Phi) is 6.24. The van der Waals surface area contributed by atoms with E-state index in [-0.39, 0.29) is 5.56 Å². The van der Waals surface area contributed by atoms with Crippen LogP contribution in [0.5, 0.6) is 5.75 Å². The van der Waals surface area contributed by atoms with Gasteiger partial charge < -0.3 is 20.7 Å². The van der Waals surface area contributed by atoms with Crippen molar-refractivity contribution in [3.8, 4) is 5.75 Å². The van der Waals surface area contributed by atoms with E-state index in [9.17, 15) is 39.0 Å². The van der Waals surface area contributed by atoms with Crippen LogP contribution in [-0.4, -0.2) is 56.9 Å². The van der Waals surface area contributed by atoms with Gasteiger partial charge >= 0.3 is 5.97 Å². The average Bonchev–Trinajstić information content (AvgIpc) is 2.87. The lowest BCUT2D eigenvalue weighted by molar-refractivity contribution is -0.200. The zero-order valence-electron chi connectivity index (χ0n) is 20.6. The minimum Gasteiger partial charge on any atom is -0.507 e. The van der Waals surface area contributed by atoms with Gasteiger partial charge in [0.1, 0.15) is 17.7 Å². The maximum absolute atomic E-state index is 15.0. The van der Waals surface area contributed by atoms with Crippen LogP contribution in [0.1, 0.15) is 67.3 Å². The minimum atomic E-state index is -3.03. The number of carbonyl (C=O) groups excluding carboxylic acids is 6. The molecule has 0 saturated heterocycles. The molecule has 0 heterocycles. The number of phenolic OH excluding ortho intramolecular Hbond substituents is 1. The van der Waals surface area contributed by atoms with Gasteiger partial charge in [0.2, 0.25) is 5.91 Å². The number of halogens is 1. The predicted octanol–water partition coefficient (Wildman–Crippen LogP) is 1.13. The molecule has 4 aliphatic rings. The van der Waals surface area contributed by atoms with Gasteiger partial charge in [-0.25, -0.2) is 4.39 Å². The molecule has 5 rings (SSSR count). The highest BCUT2D eigenvalue weighted by Gasteiger charge is 2.71. The molecule has 1 aromatic rings. The SMILES string of the molecule is C[C@H]1c2c(F)ccc(O)c2C(=O)C2C(=O)[C@]3(O)C(=O)C(C(N)=O)C(=O)C[C@@H]3[C@@H](OC(=O)C3CCCCC3)[C@@H]21. The van der Waals surface area contributed by atoms with E-state index in [1.807, 2.05) is 0 Å². The molecule has 10 nitrogen and oxygen atoms in total. The summed E-state index contributed by atoms with van der Waals surface area (Å²) in [6.45, 7) is 1.49. The first-order valence-corrected chi connectivity index (χ1v) is 12.8. The Morgan fingerprint density at radius 2 is 1.74 bits per heavy atom. The topological polar surface area (TPSA) is 178 Å². The Morgan fingerprint density at radius 3 is 2.37 bits per heavy atom. The summed E-state index contributed by atoms with van der Waals surface area (Å²) in [7, 11) is 0. The molecule has 1 amide bonds. The molecule has 7 atom stereocenters. The van der Waals surface area contributed by atoms with Crippen molar-refractivity contribution in [1.82, 2.24) is 0 Å². The molecular weight excluding hydrogens is 501 g/mol. The molecule has 1 aromatic carbocycles. The number of hydrogen-bond donors (Lipinski definition) is 3. The van der Waals surface area contributed by atoms with Crippen LogP contribution in [-0.2, 0) is 28.7 Å². The molecule has 0 spiro atoms. The number of aliphatic hydroxyl groups is 1. The summed E-state index contributed by atoms with van der Waals surface area (Å²) < 4.78 is 20.9. The predicted molar refractivity (Wildman–Crippen MR) is 125 cm³/mol. The van der Waals surface area contributed by atoms with Crippen LogP contribution in [0.15, 0.2) is 12.1 Å². The summed E-state index contributed by atoms with van der Waals surface area (Å²) in [6.07, 6.45) is 1.39. The fraction of sp³-hybridized carbons (Fsp3) is 0.556. The smallest absolute Gasteiger partial charge is 0.309 e. The van der Waals surface area contributed by atoms with Gasteiger partial charge in [0.05, 0.1) is 17.4 Å². The van der Waals surface area contributed by atoms with Crippen LogP contribution in [0.2, 0.25) is 0 Å². The quantitative estimate of drug-likeness (QED) is 0.382. The summed E-state index contributed by atoms with van der Waals surface area (Å²) in [6, 6.07) is 1.92. The highest BCUT2D eigenvalue weighted by atomic mass is 19.1. The van der Waals surface area contributed by atoms with Crippen LogP contribution in [0.25, 0.3) is 0 Å². The molecule has 4 N–H and O–H groups in total. The van der Waals surface area contributed by atoms with E-state index in [2.05, 4.69) is 0 Å². The lowest BCUT2D eigenvalue weighted by Gasteiger charge is -2.53. The van der Waals surface area contributed by atoms with E-state index < -0.39 is 106 Å². The molecule has 3 saturated carbocycles. The number of phenols is 1. The molecule has 202 valence electrons. The monoisotopic (exact) mass is 529 g/mol. The lowest BCUT2D eigenvalue weighted by Crippen LogP contribution is -2.73. The number of ketones is 4. The van der Waals surface area contributed by atoms with Crippen LogP contribution < -0.4 is 5.73 Å². The maximum atomic E-state index is 15.0. The van der Waals surface area contributed by atoms with Crippen molar-refractivity contribution in [3.05, 3.63) is 29.1 Å². The van der Waals surface area contributed by atoms with E-state index in [0.29, 0.717) is 12.8 Å². The standard InChI is InChI=1S/C27H28FNO9/c1-10-16-13(28)7-8-14(30)18(16)21(32)20-17(10)22(38-26(36)11-5-3-2-4-6-11)12-9-15(31)19(25(29)35)23(33)27(12,37)24(20)34/h7-8,10-12,17,19-20,22,30,37H,2-6,9H2,1H3,(H2,29,35)/t10-,12+,17+,19?,20?,22+,27+/m0/s1. The summed E-state index contributed by atoms with van der Waals surface area (Å²) in [5.41, 5.74) is 1.57. The van der Waals surface area contributed by atoms with Crippen molar-refractivity contribution in [3.63, 3.8) is 0 Å². The van der Waals surface area contributed by atoms with Crippen LogP contribution in [0, 0.1) is 35.4 Å². The van der Waals surface area contributed by atoms with Crippen molar-refractivity contribution < 1.29 is 48.1 Å². The Labute approximate surface area is 216 Å². The van der Waals surface area contributed by atoms with E-state index in [1.54, 1.807) is 0 Å². The number of aromatic hydroxyl groups is 1. The Morgan fingerprint density at radius 1 is 1.08 bits per heavy atom. The van der Waals surface area contributed by atoms with Crippen LogP contribution in [0.3, 0.4) is 0 Å². The van der Waals surface area contributed by atoms with Gasteiger partial charge in [-0.3, -0.25) is 28.8 Å². The highest BCUT2D eigenvalue weighted by molar-refractivity contribution is 6.31. The summed E-state index contributed by atoms with van der Waals surface area (Å²) >= 11 is 0. The van der Waals surface area contributed by atoms with Gasteiger partial charge in [0.25, 0.3) is 0 Å². The first-order chi connectivity index (χ1) is 17.9. The normalized spacial score (nSPS) is 35.2. The van der Waals surface area contributed by atoms with Gasteiger partial charge in [0.15, 0.2) is 34.7 Å². The van der Waals surface area contributed by atoms with Gasteiger partial charge in [-0.15, -0.1) is 0 Å². The zero-order chi connectivity index (χ0) is 27.7. The third kappa shape index (κ3) is 3.54. The Balaban J connectivity index is 1.68. The van der Waals surface area contributed by atoms with Crippen molar-refractivity contribution >= 4 is 35.0 Å². The fourth-order valence-corrected chi connectivity index (χ4v) is 7.08. The van der Waals surface area contributed by atoms with Crippen LogP contribution >= 0.6 is 0 Å². The van der Waals surface area contributed by atoms with E-state index in [1.165, 1.54) is 6.92 Å². The molecular formula is C27H28FNO9. The first-order valence-electron chi connectivity index (χ1n) is 12.8. The van der Waals surface area contributed by atoms with E-state index in [4.69, 9.17) is 10.5 Å². The second-order valence-electron chi connectivity index (χ2n) is 10.9. The number of fused-ring (bicyclic) bond motifs is 3. The van der Waals surface area contributed by atoms with Gasteiger partial charge in [-0.2, -0.15) is 0 Å². The van der Waals surface area contributed by atoms with Gasteiger partial charge in [-0.1, -0.05) is 26.2 Å². The summed E-state index contributed by atoms with van der Waals surface area (Å²) in [5, 5.41) is 22.0. The number of hydrogen-bond acceptors (Lipinski definition) is 9. The lowest BCUT2D eigenvalue weighted by atomic mass is 9.50. The third-order valence-corrected chi connectivity index (χ3v) is 8.94. The second-order valence-corrected chi connectivity index (χ2v) is 10.9. The first kappa shape index (κ1) is 26.1. The molecule has 2 unspecified atom stereocenters. The number of amides is 1.